The maximum atomic E-state index is 13.0. The smallest absolute Gasteiger partial charge is 0.293 e. The van der Waals surface area contributed by atoms with Crippen LogP contribution in [0.25, 0.3) is 6.08 Å². The third kappa shape index (κ3) is 5.37. The van der Waals surface area contributed by atoms with E-state index in [0.29, 0.717) is 23.7 Å². The van der Waals surface area contributed by atoms with Crippen LogP contribution in [0.2, 0.25) is 5.02 Å². The monoisotopic (exact) mass is 524 g/mol. The number of ether oxygens (including phenoxy) is 2. The van der Waals surface area contributed by atoms with Gasteiger partial charge in [-0.15, -0.1) is 0 Å². The van der Waals surface area contributed by atoms with E-state index in [2.05, 4.69) is 0 Å². The third-order valence-electron chi connectivity index (χ3n) is 5.57. The molecule has 0 saturated carbocycles. The molecule has 0 aromatic heterocycles. The molecular weight excluding hydrogens is 504 g/mol. The number of carbonyl (C=O) groups excluding carboxylic acids is 2. The van der Waals surface area contributed by atoms with Gasteiger partial charge in [0.25, 0.3) is 16.8 Å². The summed E-state index contributed by atoms with van der Waals surface area (Å²) in [6.45, 7) is 2.09. The predicted molar refractivity (Wildman–Crippen MR) is 138 cm³/mol. The lowest BCUT2D eigenvalue weighted by molar-refractivity contribution is -0.385. The number of methoxy groups -OCH3 is 1. The van der Waals surface area contributed by atoms with E-state index in [9.17, 15) is 19.7 Å². The zero-order valence-electron chi connectivity index (χ0n) is 19.4. The van der Waals surface area contributed by atoms with E-state index < -0.39 is 16.1 Å². The Bertz CT molecular complexity index is 1390. The number of hydrogen-bond donors (Lipinski definition) is 0. The number of nitro benzene ring substituents is 1. The quantitative estimate of drug-likeness (QED) is 0.191. The molecule has 0 N–H and O–H groups in total. The molecule has 0 unspecified atom stereocenters. The maximum absolute atomic E-state index is 13.0. The molecule has 3 aromatic carbocycles. The van der Waals surface area contributed by atoms with Crippen molar-refractivity contribution in [1.29, 1.82) is 0 Å². The molecule has 36 heavy (non-hydrogen) atoms. The number of para-hydroxylation sites is 1. The molecule has 1 saturated heterocycles. The maximum Gasteiger partial charge on any atom is 0.293 e. The Labute approximate surface area is 216 Å². The fraction of sp³-hybridized carbons (Fsp3) is 0.154. The molecule has 1 aliphatic heterocycles. The highest BCUT2D eigenvalue weighted by molar-refractivity contribution is 8.18. The van der Waals surface area contributed by atoms with Gasteiger partial charge in [-0.2, -0.15) is 0 Å². The number of nitrogens with zero attached hydrogens (tertiary/aromatic N) is 2. The van der Waals surface area contributed by atoms with Gasteiger partial charge in [-0.25, -0.2) is 0 Å². The summed E-state index contributed by atoms with van der Waals surface area (Å²) in [4.78, 5) is 37.4. The summed E-state index contributed by atoms with van der Waals surface area (Å²) in [6, 6.07) is 17.1. The molecule has 1 fully saturated rings. The largest absolute Gasteiger partial charge is 0.493 e. The molecule has 4 rings (SSSR count). The Morgan fingerprint density at radius 2 is 1.78 bits per heavy atom. The Morgan fingerprint density at radius 3 is 2.47 bits per heavy atom. The van der Waals surface area contributed by atoms with Crippen LogP contribution in [0.4, 0.5) is 10.5 Å². The average Bonchev–Trinajstić information content (AvgIpc) is 3.11. The molecule has 2 amide bonds. The lowest BCUT2D eigenvalue weighted by Gasteiger charge is -2.14. The number of carbonyl (C=O) groups is 2. The lowest BCUT2D eigenvalue weighted by atomic mass is 10.1. The van der Waals surface area contributed by atoms with E-state index >= 15 is 0 Å². The lowest BCUT2D eigenvalue weighted by Crippen LogP contribution is -2.27. The summed E-state index contributed by atoms with van der Waals surface area (Å²) in [7, 11) is 1.48. The highest BCUT2D eigenvalue weighted by Crippen LogP contribution is 2.40. The highest BCUT2D eigenvalue weighted by atomic mass is 35.5. The number of imide groups is 1. The number of benzene rings is 3. The molecule has 0 bridgehead atoms. The van der Waals surface area contributed by atoms with E-state index in [1.165, 1.54) is 31.4 Å². The summed E-state index contributed by atoms with van der Waals surface area (Å²) in [5.41, 5.74) is 2.74. The van der Waals surface area contributed by atoms with Crippen LogP contribution in [0.3, 0.4) is 0 Å². The second-order valence-electron chi connectivity index (χ2n) is 7.90. The summed E-state index contributed by atoms with van der Waals surface area (Å²) >= 11 is 7.24. The molecule has 3 aromatic rings. The zero-order valence-corrected chi connectivity index (χ0v) is 21.0. The molecule has 8 nitrogen and oxygen atoms in total. The van der Waals surface area contributed by atoms with E-state index in [4.69, 9.17) is 21.1 Å². The molecule has 1 heterocycles. The van der Waals surface area contributed by atoms with E-state index in [1.807, 2.05) is 31.2 Å². The minimum Gasteiger partial charge on any atom is -0.493 e. The van der Waals surface area contributed by atoms with Crippen molar-refractivity contribution in [3.05, 3.63) is 103 Å². The van der Waals surface area contributed by atoms with Crippen LogP contribution in [0.5, 0.6) is 11.5 Å². The number of rotatable bonds is 8. The van der Waals surface area contributed by atoms with E-state index in [-0.39, 0.29) is 27.7 Å². The second-order valence-corrected chi connectivity index (χ2v) is 9.30. The molecule has 0 spiro atoms. The standard InChI is InChI=1S/C26H21ClN2O6S/c1-16-7-3-4-9-19(16)15-35-24-20(27)11-17(12-22(24)34-2)13-23-25(30)28(26(31)36-23)14-18-8-5-6-10-21(18)29(32)33/h3-13H,14-15H2,1-2H3/b23-13-. The van der Waals surface area contributed by atoms with Crippen molar-refractivity contribution in [1.82, 2.24) is 4.90 Å². The average molecular weight is 525 g/mol. The van der Waals surface area contributed by atoms with Gasteiger partial charge in [0, 0.05) is 11.6 Å². The highest BCUT2D eigenvalue weighted by Gasteiger charge is 2.36. The molecule has 1 aliphatic rings. The Hall–Kier alpha value is -3.82. The molecule has 0 aliphatic carbocycles. The number of hydrogen-bond acceptors (Lipinski definition) is 7. The van der Waals surface area contributed by atoms with Gasteiger partial charge in [0.05, 0.1) is 28.5 Å². The number of aryl methyl sites for hydroxylation is 1. The van der Waals surface area contributed by atoms with Crippen LogP contribution in [0, 0.1) is 17.0 Å². The third-order valence-corrected chi connectivity index (χ3v) is 6.76. The van der Waals surface area contributed by atoms with Crippen LogP contribution < -0.4 is 9.47 Å². The van der Waals surface area contributed by atoms with Crippen molar-refractivity contribution in [3.8, 4) is 11.5 Å². The van der Waals surface area contributed by atoms with Crippen LogP contribution in [0.15, 0.2) is 65.6 Å². The van der Waals surface area contributed by atoms with Crippen LogP contribution in [-0.2, 0) is 17.9 Å². The summed E-state index contributed by atoms with van der Waals surface area (Å²) in [6.07, 6.45) is 1.53. The van der Waals surface area contributed by atoms with Crippen LogP contribution in [-0.4, -0.2) is 28.1 Å². The molecule has 0 atom stereocenters. The molecule has 184 valence electrons. The Balaban J connectivity index is 1.56. The number of nitro groups is 1. The fourth-order valence-corrected chi connectivity index (χ4v) is 4.78. The Morgan fingerprint density at radius 1 is 1.08 bits per heavy atom. The number of amides is 2. The van der Waals surface area contributed by atoms with Crippen molar-refractivity contribution in [2.75, 3.05) is 7.11 Å². The molecule has 0 radical (unpaired) electrons. The first-order chi connectivity index (χ1) is 17.3. The van der Waals surface area contributed by atoms with Gasteiger partial charge >= 0.3 is 0 Å². The van der Waals surface area contributed by atoms with Gasteiger partial charge in [0.2, 0.25) is 0 Å². The second kappa shape index (κ2) is 10.8. The Kier molecular flexibility index (Phi) is 7.61. The van der Waals surface area contributed by atoms with Crippen molar-refractivity contribution in [3.63, 3.8) is 0 Å². The zero-order chi connectivity index (χ0) is 25.8. The minimum absolute atomic E-state index is 0.154. The van der Waals surface area contributed by atoms with Crippen molar-refractivity contribution in [2.24, 2.45) is 0 Å². The summed E-state index contributed by atoms with van der Waals surface area (Å²) in [5, 5.41) is 11.1. The van der Waals surface area contributed by atoms with Crippen LogP contribution in [0.1, 0.15) is 22.3 Å². The topological polar surface area (TPSA) is 99.0 Å². The van der Waals surface area contributed by atoms with E-state index in [1.54, 1.807) is 18.2 Å². The molecular formula is C26H21ClN2O6S. The van der Waals surface area contributed by atoms with Gasteiger partial charge in [-0.05, 0) is 53.6 Å². The first-order valence-corrected chi connectivity index (χ1v) is 12.0. The van der Waals surface area contributed by atoms with Gasteiger partial charge in [-0.3, -0.25) is 24.6 Å². The SMILES string of the molecule is COc1cc(/C=C2\SC(=O)N(Cc3ccccc3[N+](=O)[O-])C2=O)cc(Cl)c1OCc1ccccc1C. The molecule has 10 heteroatoms. The van der Waals surface area contributed by atoms with Gasteiger partial charge in [0.15, 0.2) is 11.5 Å². The summed E-state index contributed by atoms with van der Waals surface area (Å²) < 4.78 is 11.4. The van der Waals surface area contributed by atoms with Gasteiger partial charge in [0.1, 0.15) is 6.61 Å². The van der Waals surface area contributed by atoms with Crippen molar-refractivity contribution in [2.45, 2.75) is 20.1 Å². The number of halogens is 1. The predicted octanol–water partition coefficient (Wildman–Crippen LogP) is 6.38. The minimum atomic E-state index is -0.543. The van der Waals surface area contributed by atoms with Crippen molar-refractivity contribution < 1.29 is 24.0 Å². The first kappa shape index (κ1) is 25.3. The van der Waals surface area contributed by atoms with Crippen LogP contribution >= 0.6 is 23.4 Å². The number of thioether (sulfide) groups is 1. The first-order valence-electron chi connectivity index (χ1n) is 10.8. The van der Waals surface area contributed by atoms with Gasteiger partial charge in [-0.1, -0.05) is 54.1 Å². The van der Waals surface area contributed by atoms with E-state index in [0.717, 1.165) is 27.8 Å². The summed E-state index contributed by atoms with van der Waals surface area (Å²) in [5.74, 6) is 0.198. The van der Waals surface area contributed by atoms with Crippen molar-refractivity contribution >= 4 is 46.3 Å². The van der Waals surface area contributed by atoms with Gasteiger partial charge < -0.3 is 9.47 Å². The normalized spacial score (nSPS) is 14.4. The fourth-order valence-electron chi connectivity index (χ4n) is 3.67.